The van der Waals surface area contributed by atoms with E-state index in [1.807, 2.05) is 39.8 Å². The fourth-order valence-corrected chi connectivity index (χ4v) is 3.56. The maximum absolute atomic E-state index is 13.1. The van der Waals surface area contributed by atoms with Crippen LogP contribution in [0.5, 0.6) is 0 Å². The number of nitrogens with zero attached hydrogens (tertiary/aromatic N) is 2. The van der Waals surface area contributed by atoms with Crippen molar-refractivity contribution in [2.24, 2.45) is 0 Å². The average molecular weight is 415 g/mol. The van der Waals surface area contributed by atoms with Gasteiger partial charge in [0.25, 0.3) is 5.56 Å². The quantitative estimate of drug-likeness (QED) is 0.623. The first kappa shape index (κ1) is 23.4. The third-order valence-electron chi connectivity index (χ3n) is 5.36. The summed E-state index contributed by atoms with van der Waals surface area (Å²) in [6.07, 6.45) is 4.09. The largest absolute Gasteiger partial charge is 0.383 e. The molecule has 1 aromatic carbocycles. The van der Waals surface area contributed by atoms with Gasteiger partial charge >= 0.3 is 5.69 Å². The summed E-state index contributed by atoms with van der Waals surface area (Å²) in [7, 11) is 0. The van der Waals surface area contributed by atoms with Crippen LogP contribution in [-0.2, 0) is 17.8 Å². The second-order valence-corrected chi connectivity index (χ2v) is 7.83. The number of anilines is 2. The maximum atomic E-state index is 13.1. The molecule has 0 bridgehead atoms. The van der Waals surface area contributed by atoms with Gasteiger partial charge in [-0.3, -0.25) is 19.1 Å². The minimum absolute atomic E-state index is 0.0631. The predicted octanol–water partition coefficient (Wildman–Crippen LogP) is 3.30. The zero-order valence-electron chi connectivity index (χ0n) is 18.6. The fourth-order valence-electron chi connectivity index (χ4n) is 3.56. The van der Waals surface area contributed by atoms with Crippen LogP contribution in [0.2, 0.25) is 0 Å². The van der Waals surface area contributed by atoms with Gasteiger partial charge in [-0.25, -0.2) is 4.79 Å². The fraction of sp³-hybridized carbons (Fsp3) is 0.522. The average Bonchev–Trinajstić information content (AvgIpc) is 2.69. The summed E-state index contributed by atoms with van der Waals surface area (Å²) in [4.78, 5) is 41.8. The van der Waals surface area contributed by atoms with Crippen LogP contribution in [-0.4, -0.2) is 22.0 Å². The Morgan fingerprint density at radius 1 is 1.13 bits per heavy atom. The van der Waals surface area contributed by atoms with Gasteiger partial charge in [0, 0.05) is 19.5 Å². The number of hydrogen-bond acceptors (Lipinski definition) is 4. The first-order chi connectivity index (χ1) is 14.3. The van der Waals surface area contributed by atoms with Gasteiger partial charge in [-0.2, -0.15) is 0 Å². The number of nitrogen functional groups attached to an aromatic ring is 1. The molecule has 2 rings (SSSR count). The number of carbonyl (C=O) groups excluding carboxylic acids is 1. The maximum Gasteiger partial charge on any atom is 0.330 e. The highest BCUT2D eigenvalue weighted by atomic mass is 16.2. The molecule has 0 unspecified atom stereocenters. The third kappa shape index (κ3) is 5.62. The van der Waals surface area contributed by atoms with Crippen molar-refractivity contribution in [1.82, 2.24) is 9.55 Å². The Kier molecular flexibility index (Phi) is 8.45. The zero-order valence-corrected chi connectivity index (χ0v) is 18.6. The Labute approximate surface area is 177 Å². The highest BCUT2D eigenvalue weighted by Gasteiger charge is 2.23. The molecule has 0 aliphatic rings. The van der Waals surface area contributed by atoms with Crippen molar-refractivity contribution < 1.29 is 4.79 Å². The predicted molar refractivity (Wildman–Crippen MR) is 122 cm³/mol. The number of aryl methyl sites for hydroxylation is 3. The first-order valence-corrected chi connectivity index (χ1v) is 10.8. The number of rotatable bonds is 10. The van der Waals surface area contributed by atoms with Crippen molar-refractivity contribution in [3.05, 3.63) is 55.7 Å². The van der Waals surface area contributed by atoms with Gasteiger partial charge in [-0.1, -0.05) is 50.5 Å². The number of H-pyrrole nitrogens is 1. The lowest BCUT2D eigenvalue weighted by atomic mass is 10.0. The molecule has 164 valence electrons. The van der Waals surface area contributed by atoms with E-state index in [0.717, 1.165) is 36.8 Å². The van der Waals surface area contributed by atoms with Crippen LogP contribution in [0.4, 0.5) is 11.5 Å². The van der Waals surface area contributed by atoms with Crippen molar-refractivity contribution in [1.29, 1.82) is 0 Å². The molecule has 0 radical (unpaired) electrons. The van der Waals surface area contributed by atoms with Crippen molar-refractivity contribution in [3.8, 4) is 0 Å². The molecule has 0 atom stereocenters. The lowest BCUT2D eigenvalue weighted by Gasteiger charge is -2.24. The highest BCUT2D eigenvalue weighted by Crippen LogP contribution is 2.20. The number of benzene rings is 1. The molecule has 2 aromatic rings. The van der Waals surface area contributed by atoms with Gasteiger partial charge in [-0.05, 0) is 44.2 Å². The molecule has 3 N–H and O–H groups in total. The summed E-state index contributed by atoms with van der Waals surface area (Å²) < 4.78 is 1.36. The third-order valence-corrected chi connectivity index (χ3v) is 5.36. The van der Waals surface area contributed by atoms with Gasteiger partial charge in [-0.15, -0.1) is 0 Å². The van der Waals surface area contributed by atoms with Gasteiger partial charge in [0.1, 0.15) is 5.82 Å². The normalized spacial score (nSPS) is 10.9. The van der Waals surface area contributed by atoms with Crippen LogP contribution in [0.3, 0.4) is 0 Å². The standard InChI is InChI=1S/C23H34N4O3/c1-5-7-13-26(19(28)12-11-18-10-9-16(3)15-17(18)4)20-21(24)27(14-8-6-2)23(30)25-22(20)29/h9-10,15H,5-8,11-14,24H2,1-4H3,(H,25,29,30). The van der Waals surface area contributed by atoms with Gasteiger partial charge < -0.3 is 10.6 Å². The van der Waals surface area contributed by atoms with E-state index in [1.165, 1.54) is 15.0 Å². The van der Waals surface area contributed by atoms with E-state index in [4.69, 9.17) is 5.73 Å². The number of aromatic nitrogens is 2. The van der Waals surface area contributed by atoms with Crippen LogP contribution in [0.25, 0.3) is 0 Å². The van der Waals surface area contributed by atoms with Gasteiger partial charge in [0.05, 0.1) is 0 Å². The highest BCUT2D eigenvalue weighted by molar-refractivity contribution is 5.95. The Bertz CT molecular complexity index is 991. The van der Waals surface area contributed by atoms with E-state index in [9.17, 15) is 14.4 Å². The van der Waals surface area contributed by atoms with E-state index in [0.29, 0.717) is 19.5 Å². The van der Waals surface area contributed by atoms with E-state index in [-0.39, 0.29) is 23.8 Å². The lowest BCUT2D eigenvalue weighted by molar-refractivity contribution is -0.118. The minimum atomic E-state index is -0.610. The molecule has 0 saturated heterocycles. The molecule has 1 heterocycles. The first-order valence-electron chi connectivity index (χ1n) is 10.8. The molecule has 0 spiro atoms. The van der Waals surface area contributed by atoms with E-state index in [1.54, 1.807) is 0 Å². The summed E-state index contributed by atoms with van der Waals surface area (Å²) in [6, 6.07) is 6.18. The zero-order chi connectivity index (χ0) is 22.3. The van der Waals surface area contributed by atoms with Crippen molar-refractivity contribution in [3.63, 3.8) is 0 Å². The number of unbranched alkanes of at least 4 members (excludes halogenated alkanes) is 2. The van der Waals surface area contributed by atoms with Gasteiger partial charge in [0.15, 0.2) is 5.69 Å². The van der Waals surface area contributed by atoms with E-state index >= 15 is 0 Å². The number of carbonyl (C=O) groups is 1. The minimum Gasteiger partial charge on any atom is -0.383 e. The number of nitrogens with one attached hydrogen (secondary N) is 1. The summed E-state index contributed by atoms with van der Waals surface area (Å²) in [5.41, 5.74) is 8.62. The van der Waals surface area contributed by atoms with Crippen molar-refractivity contribution in [2.75, 3.05) is 17.2 Å². The molecule has 0 aliphatic heterocycles. The molecule has 7 nitrogen and oxygen atoms in total. The Morgan fingerprint density at radius 3 is 2.47 bits per heavy atom. The Hall–Kier alpha value is -2.83. The van der Waals surface area contributed by atoms with E-state index in [2.05, 4.69) is 11.1 Å². The molecule has 30 heavy (non-hydrogen) atoms. The molecule has 0 fully saturated rings. The van der Waals surface area contributed by atoms with Crippen LogP contribution in [0, 0.1) is 13.8 Å². The van der Waals surface area contributed by atoms with Gasteiger partial charge in [0.2, 0.25) is 5.91 Å². The second kappa shape index (κ2) is 10.8. The molecule has 0 aliphatic carbocycles. The van der Waals surface area contributed by atoms with Crippen LogP contribution < -0.4 is 21.9 Å². The Morgan fingerprint density at radius 2 is 1.83 bits per heavy atom. The molecule has 1 amide bonds. The Balaban J connectivity index is 2.35. The smallest absolute Gasteiger partial charge is 0.330 e. The molecular weight excluding hydrogens is 380 g/mol. The molecule has 1 aromatic heterocycles. The number of hydrogen-bond donors (Lipinski definition) is 2. The van der Waals surface area contributed by atoms with Crippen molar-refractivity contribution >= 4 is 17.4 Å². The summed E-state index contributed by atoms with van der Waals surface area (Å²) in [5, 5.41) is 0. The summed E-state index contributed by atoms with van der Waals surface area (Å²) in [5.74, 6) is -0.102. The number of nitrogens with two attached hydrogens (primary N) is 1. The molecule has 0 saturated carbocycles. The second-order valence-electron chi connectivity index (χ2n) is 7.83. The lowest BCUT2D eigenvalue weighted by Crippen LogP contribution is -2.41. The topological polar surface area (TPSA) is 101 Å². The number of amides is 1. The monoisotopic (exact) mass is 414 g/mol. The molecule has 7 heteroatoms. The van der Waals surface area contributed by atoms with Crippen LogP contribution in [0.15, 0.2) is 27.8 Å². The molecular formula is C23H34N4O3. The van der Waals surface area contributed by atoms with Crippen LogP contribution in [0.1, 0.15) is 62.6 Å². The summed E-state index contributed by atoms with van der Waals surface area (Å²) in [6.45, 7) is 8.90. The summed E-state index contributed by atoms with van der Waals surface area (Å²) >= 11 is 0. The van der Waals surface area contributed by atoms with E-state index < -0.39 is 11.2 Å². The van der Waals surface area contributed by atoms with Crippen LogP contribution >= 0.6 is 0 Å². The number of aromatic amines is 1. The van der Waals surface area contributed by atoms with Crippen molar-refractivity contribution in [2.45, 2.75) is 72.8 Å². The SMILES string of the molecule is CCCCN(C(=O)CCc1ccc(C)cc1C)c1c(N)n(CCCC)c(=O)[nH]c1=O.